The van der Waals surface area contributed by atoms with Crippen LogP contribution in [0.1, 0.15) is 68.3 Å². The summed E-state index contributed by atoms with van der Waals surface area (Å²) >= 11 is 6.50. The Bertz CT molecular complexity index is 1160. The van der Waals surface area contributed by atoms with Gasteiger partial charge in [-0.25, -0.2) is 4.79 Å². The molecule has 0 bridgehead atoms. The van der Waals surface area contributed by atoms with Crippen LogP contribution in [0.25, 0.3) is 6.08 Å². The summed E-state index contributed by atoms with van der Waals surface area (Å²) in [5.74, 6) is -0.832. The minimum atomic E-state index is -1.30. The van der Waals surface area contributed by atoms with E-state index in [1.165, 1.54) is 48.8 Å². The Kier molecular flexibility index (Phi) is 9.78. The van der Waals surface area contributed by atoms with Crippen LogP contribution in [-0.2, 0) is 4.79 Å². The van der Waals surface area contributed by atoms with Crippen molar-refractivity contribution >= 4 is 51.9 Å². The normalized spacial score (nSPS) is 15.4. The van der Waals surface area contributed by atoms with Gasteiger partial charge in [-0.3, -0.25) is 9.69 Å². The second-order valence-corrected chi connectivity index (χ2v) is 10.2. The highest BCUT2D eigenvalue weighted by atomic mass is 32.2. The highest BCUT2D eigenvalue weighted by Gasteiger charge is 2.34. The van der Waals surface area contributed by atoms with E-state index < -0.39 is 5.97 Å². The summed E-state index contributed by atoms with van der Waals surface area (Å²) in [6.45, 7) is 4.26. The SMILES string of the molecule is CCCCCCCC(C)Oc1ccc(C=C2SC(=S)N(c3ccc(O)c(C(=O)O)c3)C2=O)cc1OC. The number of aromatic carboxylic acids is 1. The van der Waals surface area contributed by atoms with Gasteiger partial charge in [-0.05, 0) is 61.7 Å². The van der Waals surface area contributed by atoms with Gasteiger partial charge in [0.2, 0.25) is 0 Å². The van der Waals surface area contributed by atoms with Crippen LogP contribution in [0.3, 0.4) is 0 Å². The number of nitrogens with zero attached hydrogens (tertiary/aromatic N) is 1. The number of amides is 1. The van der Waals surface area contributed by atoms with Crippen molar-refractivity contribution in [3.05, 3.63) is 52.4 Å². The average Bonchev–Trinajstić information content (AvgIpc) is 3.12. The first kappa shape index (κ1) is 27.5. The second kappa shape index (κ2) is 12.8. The van der Waals surface area contributed by atoms with Gasteiger partial charge in [0.25, 0.3) is 5.91 Å². The van der Waals surface area contributed by atoms with E-state index in [0.717, 1.165) is 30.2 Å². The zero-order chi connectivity index (χ0) is 26.2. The van der Waals surface area contributed by atoms with Crippen LogP contribution in [0.4, 0.5) is 5.69 Å². The predicted molar refractivity (Wildman–Crippen MR) is 147 cm³/mol. The number of carbonyl (C=O) groups excluding carboxylic acids is 1. The van der Waals surface area contributed by atoms with Crippen molar-refractivity contribution in [2.45, 2.75) is 58.5 Å². The lowest BCUT2D eigenvalue weighted by Crippen LogP contribution is -2.27. The zero-order valence-electron chi connectivity index (χ0n) is 20.7. The van der Waals surface area contributed by atoms with Crippen molar-refractivity contribution in [2.24, 2.45) is 0 Å². The topological polar surface area (TPSA) is 96.3 Å². The van der Waals surface area contributed by atoms with Gasteiger partial charge in [0.15, 0.2) is 15.8 Å². The molecule has 0 spiro atoms. The molecule has 7 nitrogen and oxygen atoms in total. The first-order valence-corrected chi connectivity index (χ1v) is 13.2. The van der Waals surface area contributed by atoms with E-state index >= 15 is 0 Å². The van der Waals surface area contributed by atoms with Gasteiger partial charge in [0.1, 0.15) is 11.3 Å². The molecule has 1 heterocycles. The Morgan fingerprint density at radius 2 is 1.89 bits per heavy atom. The molecule has 36 heavy (non-hydrogen) atoms. The molecule has 2 N–H and O–H groups in total. The van der Waals surface area contributed by atoms with Gasteiger partial charge < -0.3 is 19.7 Å². The Labute approximate surface area is 221 Å². The molecule has 0 saturated carbocycles. The monoisotopic (exact) mass is 529 g/mol. The van der Waals surface area contributed by atoms with Crippen LogP contribution in [0.5, 0.6) is 17.2 Å². The summed E-state index contributed by atoms with van der Waals surface area (Å²) in [4.78, 5) is 26.1. The van der Waals surface area contributed by atoms with E-state index in [2.05, 4.69) is 13.8 Å². The lowest BCUT2D eigenvalue weighted by atomic mass is 10.1. The maximum atomic E-state index is 13.1. The van der Waals surface area contributed by atoms with Crippen molar-refractivity contribution in [3.8, 4) is 17.2 Å². The Morgan fingerprint density at radius 1 is 1.14 bits per heavy atom. The highest BCUT2D eigenvalue weighted by molar-refractivity contribution is 8.27. The fourth-order valence-corrected chi connectivity index (χ4v) is 5.16. The fraction of sp³-hybridized carbons (Fsp3) is 0.370. The number of carboxylic acid groups (broad SMARTS) is 1. The maximum absolute atomic E-state index is 13.1. The minimum Gasteiger partial charge on any atom is -0.507 e. The lowest BCUT2D eigenvalue weighted by molar-refractivity contribution is -0.113. The van der Waals surface area contributed by atoms with Crippen molar-refractivity contribution < 1.29 is 29.3 Å². The number of hydrogen-bond donors (Lipinski definition) is 2. The number of benzene rings is 2. The quantitative estimate of drug-likeness (QED) is 0.180. The number of carboxylic acids is 1. The van der Waals surface area contributed by atoms with E-state index in [0.29, 0.717) is 16.4 Å². The summed E-state index contributed by atoms with van der Waals surface area (Å²) in [5.41, 5.74) is 0.714. The van der Waals surface area contributed by atoms with Crippen molar-refractivity contribution in [3.63, 3.8) is 0 Å². The van der Waals surface area contributed by atoms with Gasteiger partial charge in [-0.2, -0.15) is 0 Å². The molecule has 0 aromatic heterocycles. The third-order valence-corrected chi connectivity index (χ3v) is 7.09. The van der Waals surface area contributed by atoms with E-state index in [9.17, 15) is 19.8 Å². The van der Waals surface area contributed by atoms with Crippen molar-refractivity contribution in [2.75, 3.05) is 12.0 Å². The molecule has 1 amide bonds. The Hall–Kier alpha value is -3.04. The first-order valence-electron chi connectivity index (χ1n) is 11.9. The Balaban J connectivity index is 1.73. The van der Waals surface area contributed by atoms with Crippen LogP contribution in [0.2, 0.25) is 0 Å². The molecule has 2 aromatic rings. The molecule has 1 fully saturated rings. The third-order valence-electron chi connectivity index (χ3n) is 5.79. The number of hydrogen-bond acceptors (Lipinski definition) is 7. The molecular formula is C27H31NO6S2. The number of methoxy groups -OCH3 is 1. The van der Waals surface area contributed by atoms with Crippen LogP contribution >= 0.6 is 24.0 Å². The summed E-state index contributed by atoms with van der Waals surface area (Å²) in [7, 11) is 1.58. The molecule has 1 unspecified atom stereocenters. The lowest BCUT2D eigenvalue weighted by Gasteiger charge is -2.17. The van der Waals surface area contributed by atoms with Crippen LogP contribution in [0, 0.1) is 0 Å². The molecule has 1 aliphatic heterocycles. The molecule has 1 atom stereocenters. The number of thiocarbonyl (C=S) groups is 1. The number of aromatic hydroxyl groups is 1. The smallest absolute Gasteiger partial charge is 0.339 e. The summed E-state index contributed by atoms with van der Waals surface area (Å²) < 4.78 is 11.9. The number of anilines is 1. The average molecular weight is 530 g/mol. The van der Waals surface area contributed by atoms with Gasteiger partial charge in [-0.1, -0.05) is 62.7 Å². The van der Waals surface area contributed by atoms with E-state index in [-0.39, 0.29) is 33.3 Å². The molecule has 1 saturated heterocycles. The molecule has 0 aliphatic carbocycles. The maximum Gasteiger partial charge on any atom is 0.339 e. The molecule has 9 heteroatoms. The minimum absolute atomic E-state index is 0.0589. The molecular weight excluding hydrogens is 498 g/mol. The number of rotatable bonds is 12. The van der Waals surface area contributed by atoms with Crippen molar-refractivity contribution in [1.29, 1.82) is 0 Å². The van der Waals surface area contributed by atoms with E-state index in [1.807, 2.05) is 12.1 Å². The van der Waals surface area contributed by atoms with Crippen LogP contribution in [0.15, 0.2) is 41.3 Å². The summed E-state index contributed by atoms with van der Waals surface area (Å²) in [6, 6.07) is 9.40. The number of thioether (sulfide) groups is 1. The molecule has 192 valence electrons. The largest absolute Gasteiger partial charge is 0.507 e. The fourth-order valence-electron chi connectivity index (χ4n) is 3.86. The molecule has 1 aliphatic rings. The van der Waals surface area contributed by atoms with E-state index in [4.69, 9.17) is 21.7 Å². The standard InChI is InChI=1S/C27H31NO6S2/c1-4-5-6-7-8-9-17(2)34-22-13-10-18(14-23(22)33-3)15-24-25(30)28(27(35)36-24)19-11-12-21(29)20(16-19)26(31)32/h10-17,29H,4-9H2,1-3H3,(H,31,32). The Morgan fingerprint density at radius 3 is 2.58 bits per heavy atom. The van der Waals surface area contributed by atoms with Gasteiger partial charge in [-0.15, -0.1) is 0 Å². The van der Waals surface area contributed by atoms with Gasteiger partial charge in [0.05, 0.1) is 23.8 Å². The van der Waals surface area contributed by atoms with Gasteiger partial charge >= 0.3 is 5.97 Å². The summed E-state index contributed by atoms with van der Waals surface area (Å²) in [6.07, 6.45) is 8.81. The van der Waals surface area contributed by atoms with E-state index in [1.54, 1.807) is 19.3 Å². The zero-order valence-corrected chi connectivity index (χ0v) is 22.3. The summed E-state index contributed by atoms with van der Waals surface area (Å²) in [5, 5.41) is 19.0. The second-order valence-electron chi connectivity index (χ2n) is 8.57. The number of carbonyl (C=O) groups is 2. The van der Waals surface area contributed by atoms with Gasteiger partial charge in [0, 0.05) is 0 Å². The number of ether oxygens (including phenoxy) is 2. The third kappa shape index (κ3) is 6.79. The molecule has 2 aromatic carbocycles. The number of phenols is 1. The highest BCUT2D eigenvalue weighted by Crippen LogP contribution is 2.38. The van der Waals surface area contributed by atoms with Crippen molar-refractivity contribution in [1.82, 2.24) is 0 Å². The molecule has 0 radical (unpaired) electrons. The van der Waals surface area contributed by atoms with Crippen LogP contribution in [-0.4, -0.2) is 39.6 Å². The molecule has 3 rings (SSSR count). The predicted octanol–water partition coefficient (Wildman–Crippen LogP) is 6.63. The number of unbranched alkanes of at least 4 members (excludes halogenated alkanes) is 4. The van der Waals surface area contributed by atoms with Crippen LogP contribution < -0.4 is 14.4 Å². The first-order chi connectivity index (χ1) is 17.2.